The summed E-state index contributed by atoms with van der Waals surface area (Å²) >= 11 is 0. The molecular weight excluding hydrogens is 292 g/mol. The van der Waals surface area contributed by atoms with Crippen LogP contribution in [0.5, 0.6) is 5.75 Å². The molecule has 0 heterocycles. The predicted molar refractivity (Wildman–Crippen MR) is 90.9 cm³/mol. The molecule has 0 spiro atoms. The Hall–Kier alpha value is -2.53. The molecule has 2 aromatic carbocycles. The number of carbonyl (C=O) groups is 1. The lowest BCUT2D eigenvalue weighted by molar-refractivity contribution is 0.224. The van der Waals surface area contributed by atoms with Gasteiger partial charge in [-0.2, -0.15) is 0 Å². The number of urea groups is 1. The van der Waals surface area contributed by atoms with Gasteiger partial charge in [0.2, 0.25) is 0 Å². The summed E-state index contributed by atoms with van der Waals surface area (Å²) in [7, 11) is 1.61. The number of methoxy groups -OCH3 is 1. The second-order valence-electron chi connectivity index (χ2n) is 5.35. The van der Waals surface area contributed by atoms with Crippen LogP contribution in [-0.4, -0.2) is 30.9 Å². The van der Waals surface area contributed by atoms with Crippen molar-refractivity contribution in [1.29, 1.82) is 0 Å². The lowest BCUT2D eigenvalue weighted by atomic mass is 10.1. The van der Waals surface area contributed by atoms with Crippen LogP contribution in [0.15, 0.2) is 48.5 Å². The highest BCUT2D eigenvalue weighted by molar-refractivity contribution is 5.89. The molecule has 0 fully saturated rings. The molecular formula is C18H22N2O3. The number of aliphatic hydroxyl groups excluding tert-OH is 1. The maximum Gasteiger partial charge on any atom is 0.319 e. The Labute approximate surface area is 136 Å². The molecule has 1 atom stereocenters. The average Bonchev–Trinajstić information content (AvgIpc) is 2.55. The van der Waals surface area contributed by atoms with Gasteiger partial charge in [0, 0.05) is 5.69 Å². The predicted octanol–water partition coefficient (Wildman–Crippen LogP) is 2.73. The summed E-state index contributed by atoms with van der Waals surface area (Å²) in [6.45, 7) is 1.79. The Balaban J connectivity index is 1.93. The average molecular weight is 314 g/mol. The van der Waals surface area contributed by atoms with Crippen LogP contribution in [0.2, 0.25) is 0 Å². The standard InChI is InChI=1S/C18H22N2O3/c1-13-10-15(8-9-17(13)23-2)19-18(22)20-16(12-21)11-14-6-4-3-5-7-14/h3-10,16,21H,11-12H2,1-2H3,(H2,19,20,22)/t16-/m0/s1. The first-order valence-electron chi connectivity index (χ1n) is 7.49. The van der Waals surface area contributed by atoms with Crippen molar-refractivity contribution in [2.24, 2.45) is 0 Å². The van der Waals surface area contributed by atoms with Gasteiger partial charge in [-0.1, -0.05) is 30.3 Å². The van der Waals surface area contributed by atoms with E-state index in [0.717, 1.165) is 16.9 Å². The van der Waals surface area contributed by atoms with Crippen LogP contribution >= 0.6 is 0 Å². The number of aliphatic hydroxyl groups is 1. The number of benzene rings is 2. The van der Waals surface area contributed by atoms with E-state index in [1.807, 2.05) is 43.3 Å². The molecule has 0 aliphatic rings. The van der Waals surface area contributed by atoms with Crippen LogP contribution in [0.4, 0.5) is 10.5 Å². The Morgan fingerprint density at radius 3 is 2.57 bits per heavy atom. The molecule has 2 amide bonds. The molecule has 0 saturated heterocycles. The molecule has 0 aliphatic carbocycles. The van der Waals surface area contributed by atoms with Crippen molar-refractivity contribution in [3.63, 3.8) is 0 Å². The molecule has 122 valence electrons. The Bertz CT molecular complexity index is 644. The van der Waals surface area contributed by atoms with E-state index < -0.39 is 0 Å². The van der Waals surface area contributed by atoms with E-state index >= 15 is 0 Å². The molecule has 23 heavy (non-hydrogen) atoms. The van der Waals surface area contributed by atoms with Gasteiger partial charge < -0.3 is 20.5 Å². The van der Waals surface area contributed by atoms with Gasteiger partial charge in [-0.25, -0.2) is 4.79 Å². The van der Waals surface area contributed by atoms with Gasteiger partial charge in [-0.05, 0) is 42.7 Å². The lowest BCUT2D eigenvalue weighted by Crippen LogP contribution is -2.41. The van der Waals surface area contributed by atoms with Crippen molar-refractivity contribution in [2.45, 2.75) is 19.4 Å². The van der Waals surface area contributed by atoms with E-state index in [0.29, 0.717) is 12.1 Å². The van der Waals surface area contributed by atoms with Crippen LogP contribution in [0, 0.1) is 6.92 Å². The van der Waals surface area contributed by atoms with Crippen LogP contribution < -0.4 is 15.4 Å². The van der Waals surface area contributed by atoms with Crippen LogP contribution in [-0.2, 0) is 6.42 Å². The highest BCUT2D eigenvalue weighted by atomic mass is 16.5. The van der Waals surface area contributed by atoms with Gasteiger partial charge in [0.15, 0.2) is 0 Å². The molecule has 5 nitrogen and oxygen atoms in total. The molecule has 5 heteroatoms. The summed E-state index contributed by atoms with van der Waals surface area (Å²) in [5.41, 5.74) is 2.68. The first-order valence-corrected chi connectivity index (χ1v) is 7.49. The van der Waals surface area contributed by atoms with Crippen molar-refractivity contribution >= 4 is 11.7 Å². The zero-order chi connectivity index (χ0) is 16.7. The molecule has 0 saturated carbocycles. The van der Waals surface area contributed by atoms with Gasteiger partial charge in [0.1, 0.15) is 5.75 Å². The summed E-state index contributed by atoms with van der Waals surface area (Å²) in [5, 5.41) is 15.0. The van der Waals surface area contributed by atoms with Crippen molar-refractivity contribution in [2.75, 3.05) is 19.0 Å². The number of hydrogen-bond acceptors (Lipinski definition) is 3. The number of nitrogens with one attached hydrogen (secondary N) is 2. The molecule has 2 aromatic rings. The minimum absolute atomic E-state index is 0.121. The van der Waals surface area contributed by atoms with E-state index in [1.165, 1.54) is 0 Å². The number of amides is 2. The number of hydrogen-bond donors (Lipinski definition) is 3. The molecule has 0 bridgehead atoms. The molecule has 0 aliphatic heterocycles. The second kappa shape index (κ2) is 8.19. The van der Waals surface area contributed by atoms with Crippen LogP contribution in [0.3, 0.4) is 0 Å². The number of carbonyl (C=O) groups excluding carboxylic acids is 1. The van der Waals surface area contributed by atoms with Gasteiger partial charge >= 0.3 is 6.03 Å². The van der Waals surface area contributed by atoms with Crippen molar-refractivity contribution in [3.8, 4) is 5.75 Å². The fourth-order valence-electron chi connectivity index (χ4n) is 2.37. The van der Waals surface area contributed by atoms with Gasteiger partial charge in [-0.3, -0.25) is 0 Å². The quantitative estimate of drug-likeness (QED) is 0.768. The third-order valence-corrected chi connectivity index (χ3v) is 3.53. The smallest absolute Gasteiger partial charge is 0.319 e. The van der Waals surface area contributed by atoms with E-state index in [1.54, 1.807) is 19.2 Å². The summed E-state index contributed by atoms with van der Waals surface area (Å²) in [6, 6.07) is 14.5. The second-order valence-corrected chi connectivity index (χ2v) is 5.35. The summed E-state index contributed by atoms with van der Waals surface area (Å²) < 4.78 is 5.19. The molecule has 3 N–H and O–H groups in total. The number of ether oxygens (including phenoxy) is 1. The van der Waals surface area contributed by atoms with Gasteiger partial charge in [0.05, 0.1) is 19.8 Å². The maximum atomic E-state index is 12.1. The van der Waals surface area contributed by atoms with Gasteiger partial charge in [0.25, 0.3) is 0 Å². The van der Waals surface area contributed by atoms with Crippen molar-refractivity contribution < 1.29 is 14.6 Å². The van der Waals surface area contributed by atoms with Gasteiger partial charge in [-0.15, -0.1) is 0 Å². The maximum absolute atomic E-state index is 12.1. The molecule has 0 unspecified atom stereocenters. The van der Waals surface area contributed by atoms with E-state index in [4.69, 9.17) is 4.74 Å². The lowest BCUT2D eigenvalue weighted by Gasteiger charge is -2.17. The topological polar surface area (TPSA) is 70.6 Å². The normalized spacial score (nSPS) is 11.6. The van der Waals surface area contributed by atoms with Crippen LogP contribution in [0.1, 0.15) is 11.1 Å². The van der Waals surface area contributed by atoms with E-state index in [9.17, 15) is 9.90 Å². The van der Waals surface area contributed by atoms with Crippen molar-refractivity contribution in [1.82, 2.24) is 5.32 Å². The summed E-state index contributed by atoms with van der Waals surface area (Å²) in [5.74, 6) is 0.772. The third-order valence-electron chi connectivity index (χ3n) is 3.53. The highest BCUT2D eigenvalue weighted by Gasteiger charge is 2.12. The minimum Gasteiger partial charge on any atom is -0.496 e. The first kappa shape index (κ1) is 16.8. The van der Waals surface area contributed by atoms with E-state index in [2.05, 4.69) is 10.6 Å². The van der Waals surface area contributed by atoms with Crippen LogP contribution in [0.25, 0.3) is 0 Å². The fourth-order valence-corrected chi connectivity index (χ4v) is 2.37. The molecule has 0 radical (unpaired) electrons. The molecule has 2 rings (SSSR count). The summed E-state index contributed by atoms with van der Waals surface area (Å²) in [4.78, 5) is 12.1. The minimum atomic E-state index is -0.343. The molecule has 0 aromatic heterocycles. The highest BCUT2D eigenvalue weighted by Crippen LogP contribution is 2.21. The SMILES string of the molecule is COc1ccc(NC(=O)N[C@H](CO)Cc2ccccc2)cc1C. The Kier molecular flexibility index (Phi) is 6.00. The fraction of sp³-hybridized carbons (Fsp3) is 0.278. The Morgan fingerprint density at radius 1 is 1.22 bits per heavy atom. The number of aryl methyl sites for hydroxylation is 1. The number of anilines is 1. The van der Waals surface area contributed by atoms with Crippen molar-refractivity contribution in [3.05, 3.63) is 59.7 Å². The zero-order valence-electron chi connectivity index (χ0n) is 13.4. The number of rotatable bonds is 6. The largest absolute Gasteiger partial charge is 0.496 e. The Morgan fingerprint density at radius 2 is 1.96 bits per heavy atom. The third kappa shape index (κ3) is 5.00. The first-order chi connectivity index (χ1) is 11.1. The summed E-state index contributed by atoms with van der Waals surface area (Å²) in [6.07, 6.45) is 0.576. The zero-order valence-corrected chi connectivity index (χ0v) is 13.4. The van der Waals surface area contributed by atoms with E-state index in [-0.39, 0.29) is 18.7 Å². The monoisotopic (exact) mass is 314 g/mol.